The molecule has 11 heteroatoms. The summed E-state index contributed by atoms with van der Waals surface area (Å²) in [4.78, 5) is 26.2. The van der Waals surface area contributed by atoms with Gasteiger partial charge in [0.15, 0.2) is 0 Å². The van der Waals surface area contributed by atoms with Gasteiger partial charge in [0, 0.05) is 32.5 Å². The maximum Gasteiger partial charge on any atom is 0.446 e. The minimum absolute atomic E-state index is 0.0155. The van der Waals surface area contributed by atoms with Gasteiger partial charge in [-0.3, -0.25) is 4.79 Å². The molecule has 5 nitrogen and oxygen atoms in total. The predicted molar refractivity (Wildman–Crippen MR) is 164 cm³/mol. The molecule has 3 fully saturated rings. The second-order valence-electron chi connectivity index (χ2n) is 12.3. The SMILES string of the molecule is O=C(N[C@H](C(=O)O)C12CCC3C(Cl)CC(Cl)(CC3C1)C2)c1ccc2ccccc2c1NCc1ccc(SC(F)(F)F)cc1. The topological polar surface area (TPSA) is 78.4 Å². The minimum Gasteiger partial charge on any atom is -0.480 e. The van der Waals surface area contributed by atoms with E-state index in [0.717, 1.165) is 29.2 Å². The molecule has 6 atom stereocenters. The van der Waals surface area contributed by atoms with E-state index in [9.17, 15) is 27.9 Å². The number of fused-ring (bicyclic) bond motifs is 3. The lowest BCUT2D eigenvalue weighted by atomic mass is 9.49. The van der Waals surface area contributed by atoms with E-state index < -0.39 is 33.7 Å². The van der Waals surface area contributed by atoms with Gasteiger partial charge < -0.3 is 15.7 Å². The van der Waals surface area contributed by atoms with Crippen molar-refractivity contribution in [2.24, 2.45) is 17.3 Å². The number of aliphatic carboxylic acids is 1. The first-order chi connectivity index (χ1) is 20.3. The summed E-state index contributed by atoms with van der Waals surface area (Å²) < 4.78 is 38.2. The molecule has 0 saturated heterocycles. The van der Waals surface area contributed by atoms with Crippen molar-refractivity contribution in [2.45, 2.75) is 71.8 Å². The summed E-state index contributed by atoms with van der Waals surface area (Å²) in [5.74, 6) is -1.05. The Morgan fingerprint density at radius 1 is 1.05 bits per heavy atom. The van der Waals surface area contributed by atoms with Crippen LogP contribution in [0, 0.1) is 17.3 Å². The highest BCUT2D eigenvalue weighted by molar-refractivity contribution is 8.00. The molecule has 3 bridgehead atoms. The van der Waals surface area contributed by atoms with Crippen molar-refractivity contribution < 1.29 is 27.9 Å². The van der Waals surface area contributed by atoms with E-state index in [1.807, 2.05) is 30.3 Å². The Kier molecular flexibility index (Phi) is 8.05. The fraction of sp³-hybridized carbons (Fsp3) is 0.438. The van der Waals surface area contributed by atoms with Crippen LogP contribution in [0.2, 0.25) is 0 Å². The van der Waals surface area contributed by atoms with E-state index >= 15 is 0 Å². The Balaban J connectivity index is 1.27. The first kappa shape index (κ1) is 30.4. The number of alkyl halides is 5. The van der Waals surface area contributed by atoms with Crippen molar-refractivity contribution >= 4 is 63.3 Å². The molecule has 3 N–H and O–H groups in total. The van der Waals surface area contributed by atoms with Gasteiger partial charge >= 0.3 is 11.5 Å². The number of hydrogen-bond acceptors (Lipinski definition) is 4. The van der Waals surface area contributed by atoms with E-state index in [-0.39, 0.29) is 40.1 Å². The first-order valence-electron chi connectivity index (χ1n) is 14.3. The van der Waals surface area contributed by atoms with Gasteiger partial charge in [0.2, 0.25) is 0 Å². The summed E-state index contributed by atoms with van der Waals surface area (Å²) in [6, 6.07) is 15.9. The van der Waals surface area contributed by atoms with E-state index in [4.69, 9.17) is 23.2 Å². The fourth-order valence-electron chi connectivity index (χ4n) is 7.86. The second kappa shape index (κ2) is 11.4. The molecular formula is C32H31Cl2F3N2O3S. The summed E-state index contributed by atoms with van der Waals surface area (Å²) in [7, 11) is 0. The number of halogens is 5. The van der Waals surface area contributed by atoms with Gasteiger partial charge in [-0.15, -0.1) is 23.2 Å². The molecule has 0 aliphatic heterocycles. The number of benzene rings is 3. The molecular weight excluding hydrogens is 620 g/mol. The fourth-order valence-corrected chi connectivity index (χ4v) is 9.73. The van der Waals surface area contributed by atoms with Crippen LogP contribution in [-0.2, 0) is 11.3 Å². The van der Waals surface area contributed by atoms with Gasteiger partial charge in [-0.05, 0) is 91.3 Å². The van der Waals surface area contributed by atoms with Crippen LogP contribution in [0.3, 0.4) is 0 Å². The monoisotopic (exact) mass is 650 g/mol. The van der Waals surface area contributed by atoms with Crippen LogP contribution in [0.4, 0.5) is 18.9 Å². The zero-order valence-corrected chi connectivity index (χ0v) is 25.4. The quantitative estimate of drug-likeness (QED) is 0.168. The lowest BCUT2D eigenvalue weighted by molar-refractivity contribution is -0.148. The number of carboxylic acid groups (broad SMARTS) is 1. The van der Waals surface area contributed by atoms with E-state index in [2.05, 4.69) is 10.6 Å². The molecule has 0 spiro atoms. The molecule has 3 aromatic rings. The molecule has 1 amide bonds. The molecule has 0 aromatic heterocycles. The van der Waals surface area contributed by atoms with Crippen LogP contribution in [0.1, 0.15) is 54.4 Å². The van der Waals surface area contributed by atoms with Crippen LogP contribution in [0.5, 0.6) is 0 Å². The molecule has 3 saturated carbocycles. The Labute approximate surface area is 261 Å². The van der Waals surface area contributed by atoms with Crippen LogP contribution in [0.25, 0.3) is 10.8 Å². The first-order valence-corrected chi connectivity index (χ1v) is 15.9. The molecule has 3 aromatic carbocycles. The standard InChI is InChI=1S/C32H31Cl2F3N2O3S/c33-25-15-31(34)14-20-13-30(17-31,12-11-22(20)25)27(29(41)42)39-28(40)24-10-7-19-3-1-2-4-23(19)26(24)38-16-18-5-8-21(9-6-18)43-32(35,36)37/h1-10,20,22,25,27,38H,11-17H2,(H,39,40)(H,41,42)/t20?,22?,25?,27-,30?,31?/m1/s1. The highest BCUT2D eigenvalue weighted by Gasteiger charge is 2.61. The number of carboxylic acids is 1. The maximum absolute atomic E-state index is 13.9. The number of thioether (sulfide) groups is 1. The largest absolute Gasteiger partial charge is 0.480 e. The van der Waals surface area contributed by atoms with Crippen molar-refractivity contribution in [3.8, 4) is 0 Å². The van der Waals surface area contributed by atoms with Crippen molar-refractivity contribution in [3.63, 3.8) is 0 Å². The van der Waals surface area contributed by atoms with Crippen LogP contribution in [0.15, 0.2) is 65.6 Å². The van der Waals surface area contributed by atoms with Gasteiger partial charge in [0.05, 0.1) is 11.3 Å². The minimum atomic E-state index is -4.37. The number of hydrogen-bond donors (Lipinski definition) is 3. The van der Waals surface area contributed by atoms with E-state index in [1.54, 1.807) is 18.2 Å². The van der Waals surface area contributed by atoms with Crippen LogP contribution >= 0.6 is 35.0 Å². The number of anilines is 1. The number of amides is 1. The Morgan fingerprint density at radius 3 is 2.51 bits per heavy atom. The van der Waals surface area contributed by atoms with E-state index in [0.29, 0.717) is 37.3 Å². The van der Waals surface area contributed by atoms with Gasteiger partial charge in [-0.1, -0.05) is 42.5 Å². The van der Waals surface area contributed by atoms with Gasteiger partial charge in [-0.2, -0.15) is 13.2 Å². The van der Waals surface area contributed by atoms with Gasteiger partial charge in [0.1, 0.15) is 6.04 Å². The number of nitrogens with one attached hydrogen (secondary N) is 2. The van der Waals surface area contributed by atoms with Crippen LogP contribution < -0.4 is 10.6 Å². The normalized spacial score (nSPS) is 28.8. The van der Waals surface area contributed by atoms with Gasteiger partial charge in [0.25, 0.3) is 5.91 Å². The molecule has 0 heterocycles. The van der Waals surface area contributed by atoms with Crippen LogP contribution in [-0.4, -0.2) is 38.8 Å². The van der Waals surface area contributed by atoms with Crippen molar-refractivity contribution in [2.75, 3.05) is 5.32 Å². The average molecular weight is 652 g/mol. The smallest absolute Gasteiger partial charge is 0.446 e. The molecule has 3 aliphatic carbocycles. The molecule has 3 aliphatic rings. The summed E-state index contributed by atoms with van der Waals surface area (Å²) >= 11 is 13.6. The molecule has 0 radical (unpaired) electrons. The average Bonchev–Trinajstić information content (AvgIpc) is 2.93. The van der Waals surface area contributed by atoms with Gasteiger partial charge in [-0.25, -0.2) is 4.79 Å². The zero-order chi connectivity index (χ0) is 30.6. The third kappa shape index (κ3) is 6.18. The summed E-state index contributed by atoms with van der Waals surface area (Å²) in [6.45, 7) is 0.245. The second-order valence-corrected chi connectivity index (χ2v) is 14.8. The number of rotatable bonds is 8. The molecule has 5 unspecified atom stereocenters. The zero-order valence-electron chi connectivity index (χ0n) is 23.1. The Hall–Kier alpha value is -2.62. The molecule has 6 rings (SSSR count). The molecule has 228 valence electrons. The summed E-state index contributed by atoms with van der Waals surface area (Å²) in [6.07, 6.45) is 4.05. The lowest BCUT2D eigenvalue weighted by Gasteiger charge is -2.60. The summed E-state index contributed by atoms with van der Waals surface area (Å²) in [5.41, 5.74) is -3.50. The number of carbonyl (C=O) groups is 2. The highest BCUT2D eigenvalue weighted by Crippen LogP contribution is 2.63. The maximum atomic E-state index is 13.9. The van der Waals surface area contributed by atoms with Crippen molar-refractivity contribution in [3.05, 3.63) is 71.8 Å². The predicted octanol–water partition coefficient (Wildman–Crippen LogP) is 8.43. The molecule has 43 heavy (non-hydrogen) atoms. The van der Waals surface area contributed by atoms with Crippen molar-refractivity contribution in [1.82, 2.24) is 5.32 Å². The highest BCUT2D eigenvalue weighted by atomic mass is 35.5. The lowest BCUT2D eigenvalue weighted by Crippen LogP contribution is -2.62. The third-order valence-corrected chi connectivity index (χ3v) is 11.2. The Bertz CT molecular complexity index is 1550. The Morgan fingerprint density at radius 2 is 1.79 bits per heavy atom. The van der Waals surface area contributed by atoms with E-state index in [1.165, 1.54) is 12.1 Å². The van der Waals surface area contributed by atoms with Crippen molar-refractivity contribution in [1.29, 1.82) is 0 Å². The number of carbonyl (C=O) groups excluding carboxylic acids is 1. The summed E-state index contributed by atoms with van der Waals surface area (Å²) in [5, 5.41) is 18.3. The third-order valence-electron chi connectivity index (χ3n) is 9.51.